The zero-order valence-corrected chi connectivity index (χ0v) is 12.2. The maximum atomic E-state index is 13.1. The Balaban J connectivity index is 2.53. The highest BCUT2D eigenvalue weighted by Gasteiger charge is 2.35. The minimum absolute atomic E-state index is 0.250. The molecule has 8 nitrogen and oxygen atoms in total. The van der Waals surface area contributed by atoms with Gasteiger partial charge in [0.25, 0.3) is 11.5 Å². The van der Waals surface area contributed by atoms with Crippen molar-refractivity contribution in [2.45, 2.75) is 5.97 Å². The normalized spacial score (nSPS) is 11.4. The number of anilines is 1. The minimum atomic E-state index is -3.72. The second-order valence-corrected chi connectivity index (χ2v) is 4.96. The Morgan fingerprint density at radius 2 is 1.83 bits per heavy atom. The lowest BCUT2D eigenvalue weighted by molar-refractivity contribution is -0.324. The number of hydrogen-bond acceptors (Lipinski definition) is 6. The summed E-state index contributed by atoms with van der Waals surface area (Å²) in [4.78, 5) is 25.5. The number of amides is 1. The van der Waals surface area contributed by atoms with Crippen molar-refractivity contribution >= 4 is 23.2 Å². The number of rotatable bonds is 3. The number of aliphatic hydroxyl groups is 3. The average Bonchev–Trinajstić information content (AvgIpc) is 2.46. The van der Waals surface area contributed by atoms with Gasteiger partial charge in [-0.1, -0.05) is 11.6 Å². The van der Waals surface area contributed by atoms with Crippen LogP contribution in [0.4, 0.5) is 14.5 Å². The number of aromatic hydroxyl groups is 1. The first-order valence-electron chi connectivity index (χ1n) is 6.11. The van der Waals surface area contributed by atoms with Gasteiger partial charge >= 0.3 is 5.97 Å². The molecule has 1 aromatic heterocycles. The van der Waals surface area contributed by atoms with E-state index in [0.717, 1.165) is 6.07 Å². The summed E-state index contributed by atoms with van der Waals surface area (Å²) in [5.74, 6) is -8.70. The van der Waals surface area contributed by atoms with Crippen molar-refractivity contribution in [2.75, 3.05) is 5.32 Å². The van der Waals surface area contributed by atoms with E-state index in [2.05, 4.69) is 0 Å². The highest BCUT2D eigenvalue weighted by Crippen LogP contribution is 2.32. The van der Waals surface area contributed by atoms with E-state index in [-0.39, 0.29) is 5.69 Å². The molecule has 128 valence electrons. The molecule has 0 radical (unpaired) electrons. The Morgan fingerprint density at radius 1 is 1.21 bits per heavy atom. The minimum Gasteiger partial charge on any atom is -0.505 e. The molecule has 0 spiro atoms. The standard InChI is InChI=1S/C13H9ClF2N2O6/c14-8-10(19)7(13(22,23)24)9(18-11(8)20)12(21)17-4-1-2-5(15)6(16)3-4/h1-3,22-24H,(H,17,21)(H2,18,19,20). The van der Waals surface area contributed by atoms with Crippen molar-refractivity contribution < 1.29 is 34.0 Å². The predicted octanol–water partition coefficient (Wildman–Crippen LogP) is 0.352. The van der Waals surface area contributed by atoms with Crippen molar-refractivity contribution in [3.05, 3.63) is 56.5 Å². The first-order chi connectivity index (χ1) is 11.0. The van der Waals surface area contributed by atoms with Crippen LogP contribution in [0.25, 0.3) is 0 Å². The number of hydrogen-bond donors (Lipinski definition) is 6. The molecule has 0 saturated carbocycles. The van der Waals surface area contributed by atoms with E-state index in [1.807, 2.05) is 10.3 Å². The molecule has 1 amide bonds. The highest BCUT2D eigenvalue weighted by atomic mass is 35.5. The van der Waals surface area contributed by atoms with Crippen LogP contribution >= 0.6 is 11.6 Å². The van der Waals surface area contributed by atoms with Gasteiger partial charge in [-0.3, -0.25) is 9.59 Å². The first-order valence-corrected chi connectivity index (χ1v) is 6.49. The predicted molar refractivity (Wildman–Crippen MR) is 76.4 cm³/mol. The summed E-state index contributed by atoms with van der Waals surface area (Å²) in [6.45, 7) is 0. The molecule has 1 aromatic carbocycles. The fraction of sp³-hybridized carbons (Fsp3) is 0.0769. The van der Waals surface area contributed by atoms with Gasteiger partial charge in [-0.25, -0.2) is 8.78 Å². The molecule has 0 aliphatic carbocycles. The van der Waals surface area contributed by atoms with Crippen LogP contribution in [-0.2, 0) is 5.97 Å². The van der Waals surface area contributed by atoms with Crippen molar-refractivity contribution in [1.82, 2.24) is 4.98 Å². The van der Waals surface area contributed by atoms with Gasteiger partial charge in [0.1, 0.15) is 16.3 Å². The fourth-order valence-corrected chi connectivity index (χ4v) is 1.97. The van der Waals surface area contributed by atoms with Crippen LogP contribution in [0, 0.1) is 11.6 Å². The second-order valence-electron chi connectivity index (χ2n) is 4.59. The molecule has 0 aliphatic heterocycles. The lowest BCUT2D eigenvalue weighted by atomic mass is 10.1. The smallest absolute Gasteiger partial charge is 0.310 e. The van der Waals surface area contributed by atoms with E-state index in [9.17, 15) is 38.8 Å². The topological polar surface area (TPSA) is 143 Å². The number of halogens is 3. The zero-order valence-electron chi connectivity index (χ0n) is 11.5. The molecule has 11 heteroatoms. The zero-order chi connectivity index (χ0) is 18.2. The summed E-state index contributed by atoms with van der Waals surface area (Å²) >= 11 is 5.41. The van der Waals surface area contributed by atoms with E-state index >= 15 is 0 Å². The molecule has 6 N–H and O–H groups in total. The number of nitrogens with one attached hydrogen (secondary N) is 2. The van der Waals surface area contributed by atoms with Crippen LogP contribution < -0.4 is 10.9 Å². The van der Waals surface area contributed by atoms with E-state index < -0.39 is 51.1 Å². The number of pyridine rings is 1. The summed E-state index contributed by atoms with van der Waals surface area (Å²) in [5.41, 5.74) is -3.58. The Labute approximate surface area is 136 Å². The van der Waals surface area contributed by atoms with Crippen molar-refractivity contribution in [3.63, 3.8) is 0 Å². The maximum Gasteiger partial charge on any atom is 0.310 e. The quantitative estimate of drug-likeness (QED) is 0.435. The van der Waals surface area contributed by atoms with Crippen LogP contribution in [0.15, 0.2) is 23.0 Å². The van der Waals surface area contributed by atoms with Crippen molar-refractivity contribution in [3.8, 4) is 5.75 Å². The molecule has 1 heterocycles. The third-order valence-electron chi connectivity index (χ3n) is 2.87. The number of H-pyrrole nitrogens is 1. The van der Waals surface area contributed by atoms with Gasteiger partial charge in [0.05, 0.1) is 0 Å². The molecule has 0 unspecified atom stereocenters. The van der Waals surface area contributed by atoms with Gasteiger partial charge in [-0.2, -0.15) is 0 Å². The van der Waals surface area contributed by atoms with E-state index in [1.165, 1.54) is 0 Å². The third kappa shape index (κ3) is 3.36. The number of carbonyl (C=O) groups is 1. The van der Waals surface area contributed by atoms with Crippen LogP contribution in [-0.4, -0.2) is 31.3 Å². The second kappa shape index (κ2) is 6.17. The van der Waals surface area contributed by atoms with Gasteiger partial charge in [0.2, 0.25) is 0 Å². The lowest BCUT2D eigenvalue weighted by Gasteiger charge is -2.19. The highest BCUT2D eigenvalue weighted by molar-refractivity contribution is 6.32. The first kappa shape index (κ1) is 17.8. The summed E-state index contributed by atoms with van der Waals surface area (Å²) in [6, 6.07) is 2.31. The van der Waals surface area contributed by atoms with E-state index in [0.29, 0.717) is 12.1 Å². The molecule has 0 fully saturated rings. The van der Waals surface area contributed by atoms with Gasteiger partial charge in [0, 0.05) is 11.8 Å². The Bertz CT molecular complexity index is 878. The van der Waals surface area contributed by atoms with Gasteiger partial charge in [-0.05, 0) is 12.1 Å². The van der Waals surface area contributed by atoms with Crippen molar-refractivity contribution in [1.29, 1.82) is 0 Å². The molecular formula is C13H9ClF2N2O6. The number of carbonyl (C=O) groups excluding carboxylic acids is 1. The average molecular weight is 363 g/mol. The van der Waals surface area contributed by atoms with Gasteiger partial charge in [0.15, 0.2) is 17.4 Å². The van der Waals surface area contributed by atoms with Crippen LogP contribution in [0.2, 0.25) is 5.02 Å². The summed E-state index contributed by atoms with van der Waals surface area (Å²) in [5, 5.41) is 38.5. The summed E-state index contributed by atoms with van der Waals surface area (Å²) in [7, 11) is 0. The van der Waals surface area contributed by atoms with Crippen LogP contribution in [0.3, 0.4) is 0 Å². The van der Waals surface area contributed by atoms with Gasteiger partial charge in [-0.15, -0.1) is 0 Å². The maximum absolute atomic E-state index is 13.1. The number of aromatic amines is 1. The van der Waals surface area contributed by atoms with Gasteiger partial charge < -0.3 is 30.7 Å². The Kier molecular flexibility index (Phi) is 4.58. The summed E-state index contributed by atoms with van der Waals surface area (Å²) in [6.07, 6.45) is 0. The number of benzene rings is 1. The molecule has 0 atom stereocenters. The van der Waals surface area contributed by atoms with Crippen LogP contribution in [0.1, 0.15) is 16.1 Å². The molecule has 24 heavy (non-hydrogen) atoms. The fourth-order valence-electron chi connectivity index (χ4n) is 1.83. The Morgan fingerprint density at radius 3 is 2.38 bits per heavy atom. The summed E-state index contributed by atoms with van der Waals surface area (Å²) < 4.78 is 26.0. The molecule has 2 rings (SSSR count). The Hall–Kier alpha value is -2.53. The van der Waals surface area contributed by atoms with E-state index in [1.54, 1.807) is 0 Å². The molecule has 0 aliphatic rings. The SMILES string of the molecule is O=C(Nc1ccc(F)c(F)c1)c1[nH]c(=O)c(Cl)c(O)c1C(O)(O)O. The third-order valence-corrected chi connectivity index (χ3v) is 3.22. The monoisotopic (exact) mass is 362 g/mol. The molecule has 0 bridgehead atoms. The molecule has 0 saturated heterocycles. The largest absolute Gasteiger partial charge is 0.505 e. The van der Waals surface area contributed by atoms with E-state index in [4.69, 9.17) is 11.6 Å². The number of aromatic nitrogens is 1. The van der Waals surface area contributed by atoms with Crippen LogP contribution in [0.5, 0.6) is 5.75 Å². The van der Waals surface area contributed by atoms with Crippen molar-refractivity contribution in [2.24, 2.45) is 0 Å². The molecule has 2 aromatic rings. The lowest BCUT2D eigenvalue weighted by Crippen LogP contribution is -2.32. The molecular weight excluding hydrogens is 354 g/mol.